The first-order valence-electron chi connectivity index (χ1n) is 8.47. The van der Waals surface area contributed by atoms with E-state index < -0.39 is 0 Å². The molecule has 0 N–H and O–H groups in total. The Kier molecular flexibility index (Phi) is 4.23. The predicted molar refractivity (Wildman–Crippen MR) is 90.8 cm³/mol. The average Bonchev–Trinajstić information content (AvgIpc) is 2.70. The van der Waals surface area contributed by atoms with E-state index in [2.05, 4.69) is 49.7 Å². The van der Waals surface area contributed by atoms with E-state index >= 15 is 0 Å². The molecule has 2 aromatic rings. The van der Waals surface area contributed by atoms with Crippen LogP contribution < -0.4 is 0 Å². The van der Waals surface area contributed by atoms with E-state index in [4.69, 9.17) is 0 Å². The van der Waals surface area contributed by atoms with Crippen LogP contribution in [0.1, 0.15) is 44.7 Å². The summed E-state index contributed by atoms with van der Waals surface area (Å²) in [6, 6.07) is 6.53. The molecule has 3 nitrogen and oxygen atoms in total. The Hall–Kier alpha value is -1.77. The summed E-state index contributed by atoms with van der Waals surface area (Å²) in [5.41, 5.74) is 4.03. The Bertz CT molecular complexity index is 684. The van der Waals surface area contributed by atoms with Gasteiger partial charge >= 0.3 is 0 Å². The van der Waals surface area contributed by atoms with Gasteiger partial charge in [0, 0.05) is 43.2 Å². The second-order valence-electron chi connectivity index (χ2n) is 6.83. The van der Waals surface area contributed by atoms with Crippen molar-refractivity contribution in [1.29, 1.82) is 0 Å². The monoisotopic (exact) mass is 298 g/mol. The van der Waals surface area contributed by atoms with Crippen molar-refractivity contribution in [3.8, 4) is 0 Å². The summed E-state index contributed by atoms with van der Waals surface area (Å²) >= 11 is 0. The number of aromatic nitrogens is 1. The molecular weight excluding hydrogens is 272 g/mol. The van der Waals surface area contributed by atoms with Crippen LogP contribution in [-0.2, 0) is 24.3 Å². The molecule has 0 saturated carbocycles. The molecule has 3 rings (SSSR count). The van der Waals surface area contributed by atoms with E-state index in [9.17, 15) is 4.79 Å². The largest absolute Gasteiger partial charge is 0.347 e. The molecule has 0 spiro atoms. The minimum atomic E-state index is 0.291. The molecule has 1 aliphatic rings. The molecule has 118 valence electrons. The van der Waals surface area contributed by atoms with Crippen LogP contribution in [-0.4, -0.2) is 21.9 Å². The van der Waals surface area contributed by atoms with Gasteiger partial charge in [-0.15, -0.1) is 0 Å². The number of carbonyl (C=O) groups is 1. The van der Waals surface area contributed by atoms with Crippen LogP contribution in [0.5, 0.6) is 0 Å². The van der Waals surface area contributed by atoms with Gasteiger partial charge in [-0.1, -0.05) is 32.9 Å². The third-order valence-corrected chi connectivity index (χ3v) is 4.46. The number of carbonyl (C=O) groups excluding carboxylic acids is 1. The van der Waals surface area contributed by atoms with Crippen LogP contribution in [0.4, 0.5) is 0 Å². The van der Waals surface area contributed by atoms with Gasteiger partial charge in [0.05, 0.1) is 0 Å². The zero-order chi connectivity index (χ0) is 15.7. The predicted octanol–water partition coefficient (Wildman–Crippen LogP) is 3.98. The Morgan fingerprint density at radius 3 is 2.82 bits per heavy atom. The summed E-state index contributed by atoms with van der Waals surface area (Å²) in [5.74, 6) is 0.928. The van der Waals surface area contributed by atoms with Crippen molar-refractivity contribution < 1.29 is 4.79 Å². The van der Waals surface area contributed by atoms with Gasteiger partial charge in [-0.25, -0.2) is 0 Å². The molecule has 3 heteroatoms. The van der Waals surface area contributed by atoms with E-state index in [1.54, 1.807) is 0 Å². The minimum absolute atomic E-state index is 0.291. The highest BCUT2D eigenvalue weighted by Gasteiger charge is 2.21. The fourth-order valence-electron chi connectivity index (χ4n) is 3.51. The van der Waals surface area contributed by atoms with Gasteiger partial charge in [-0.05, 0) is 36.0 Å². The van der Waals surface area contributed by atoms with Crippen molar-refractivity contribution in [2.75, 3.05) is 6.54 Å². The number of hydrogen-bond donors (Lipinski definition) is 0. The lowest BCUT2D eigenvalue weighted by Crippen LogP contribution is -2.31. The average molecular weight is 298 g/mol. The Morgan fingerprint density at radius 2 is 2.09 bits per heavy atom. The van der Waals surface area contributed by atoms with Crippen molar-refractivity contribution in [1.82, 2.24) is 9.47 Å². The second-order valence-corrected chi connectivity index (χ2v) is 6.83. The van der Waals surface area contributed by atoms with Gasteiger partial charge in [-0.2, -0.15) is 0 Å². The Labute approximate surface area is 132 Å². The third-order valence-electron chi connectivity index (χ3n) is 4.46. The molecular formula is C19H26N2O. The Morgan fingerprint density at radius 1 is 1.27 bits per heavy atom. The molecule has 1 aliphatic heterocycles. The zero-order valence-electron chi connectivity index (χ0n) is 13.9. The molecule has 1 amide bonds. The number of nitrogens with zero attached hydrogens (tertiary/aromatic N) is 2. The molecule has 0 saturated heterocycles. The molecule has 1 aromatic carbocycles. The van der Waals surface area contributed by atoms with E-state index in [-0.39, 0.29) is 0 Å². The smallest absolute Gasteiger partial charge is 0.222 e. The summed E-state index contributed by atoms with van der Waals surface area (Å²) in [4.78, 5) is 14.3. The van der Waals surface area contributed by atoms with Gasteiger partial charge in [-0.3, -0.25) is 4.79 Å². The van der Waals surface area contributed by atoms with Crippen LogP contribution in [0.3, 0.4) is 0 Å². The lowest BCUT2D eigenvalue weighted by atomic mass is 10.1. The van der Waals surface area contributed by atoms with Crippen molar-refractivity contribution in [3.05, 3.63) is 35.5 Å². The zero-order valence-corrected chi connectivity index (χ0v) is 13.9. The molecule has 0 aliphatic carbocycles. The first-order chi connectivity index (χ1) is 10.6. The van der Waals surface area contributed by atoms with Gasteiger partial charge in [0.15, 0.2) is 0 Å². The first kappa shape index (κ1) is 15.1. The quantitative estimate of drug-likeness (QED) is 0.838. The fraction of sp³-hybridized carbons (Fsp3) is 0.526. The van der Waals surface area contributed by atoms with E-state index in [1.807, 2.05) is 4.90 Å². The molecule has 0 radical (unpaired) electrons. The molecule has 22 heavy (non-hydrogen) atoms. The highest BCUT2D eigenvalue weighted by molar-refractivity contribution is 5.88. The van der Waals surface area contributed by atoms with E-state index in [1.165, 1.54) is 22.0 Å². The van der Waals surface area contributed by atoms with Crippen LogP contribution >= 0.6 is 0 Å². The SMILES string of the molecule is CCCC(=O)N1CCc2cn(CC(C)C)c3cccc(c23)C1. The molecule has 0 bridgehead atoms. The normalized spacial score (nSPS) is 14.6. The van der Waals surface area contributed by atoms with Crippen LogP contribution in [0.2, 0.25) is 0 Å². The van der Waals surface area contributed by atoms with Gasteiger partial charge < -0.3 is 9.47 Å². The maximum absolute atomic E-state index is 12.3. The van der Waals surface area contributed by atoms with Gasteiger partial charge in [0.25, 0.3) is 0 Å². The first-order valence-corrected chi connectivity index (χ1v) is 8.47. The van der Waals surface area contributed by atoms with Gasteiger partial charge in [0.2, 0.25) is 5.91 Å². The van der Waals surface area contributed by atoms with Crippen molar-refractivity contribution in [2.45, 2.75) is 53.1 Å². The summed E-state index contributed by atoms with van der Waals surface area (Å²) in [6.07, 6.45) is 4.86. The second kappa shape index (κ2) is 6.15. The van der Waals surface area contributed by atoms with Crippen molar-refractivity contribution in [2.24, 2.45) is 5.92 Å². The topological polar surface area (TPSA) is 25.2 Å². The molecule has 2 heterocycles. The Balaban J connectivity index is 1.99. The number of rotatable bonds is 4. The maximum atomic E-state index is 12.3. The lowest BCUT2D eigenvalue weighted by molar-refractivity contribution is -0.131. The van der Waals surface area contributed by atoms with E-state index in [0.29, 0.717) is 18.2 Å². The molecule has 0 unspecified atom stereocenters. The summed E-state index contributed by atoms with van der Waals surface area (Å²) in [5, 5.41) is 1.38. The van der Waals surface area contributed by atoms with Crippen LogP contribution in [0.15, 0.2) is 24.4 Å². The summed E-state index contributed by atoms with van der Waals surface area (Å²) in [7, 11) is 0. The van der Waals surface area contributed by atoms with Crippen LogP contribution in [0, 0.1) is 5.92 Å². The number of amides is 1. The van der Waals surface area contributed by atoms with Gasteiger partial charge in [0.1, 0.15) is 0 Å². The summed E-state index contributed by atoms with van der Waals surface area (Å²) in [6.45, 7) is 9.24. The number of benzene rings is 1. The highest BCUT2D eigenvalue weighted by Crippen LogP contribution is 2.30. The van der Waals surface area contributed by atoms with E-state index in [0.717, 1.165) is 32.5 Å². The minimum Gasteiger partial charge on any atom is -0.347 e. The molecule has 0 fully saturated rings. The standard InChI is InChI=1S/C19H26N2O/c1-4-6-18(22)20-10-9-16-13-21(11-14(2)3)17-8-5-7-15(12-20)19(16)17/h5,7-8,13-14H,4,6,9-12H2,1-3H3. The fourth-order valence-corrected chi connectivity index (χ4v) is 3.51. The molecule has 0 atom stereocenters. The van der Waals surface area contributed by atoms with Crippen molar-refractivity contribution in [3.63, 3.8) is 0 Å². The number of hydrogen-bond acceptors (Lipinski definition) is 1. The lowest BCUT2D eigenvalue weighted by Gasteiger charge is -2.21. The highest BCUT2D eigenvalue weighted by atomic mass is 16.2. The summed E-state index contributed by atoms with van der Waals surface area (Å²) < 4.78 is 2.39. The maximum Gasteiger partial charge on any atom is 0.222 e. The third kappa shape index (κ3) is 2.77. The molecule has 1 aromatic heterocycles. The van der Waals surface area contributed by atoms with Crippen molar-refractivity contribution >= 4 is 16.8 Å². The van der Waals surface area contributed by atoms with Crippen LogP contribution in [0.25, 0.3) is 10.9 Å².